The largest absolute Gasteiger partial charge is 0.459 e. The van der Waals surface area contributed by atoms with Crippen molar-refractivity contribution >= 4 is 0 Å². The van der Waals surface area contributed by atoms with E-state index in [1.54, 1.807) is 18.4 Å². The van der Waals surface area contributed by atoms with Crippen LogP contribution in [0.25, 0.3) is 28.6 Å². The van der Waals surface area contributed by atoms with Crippen LogP contribution in [0.5, 0.6) is 0 Å². The number of nitrogens with zero attached hydrogens (tertiary/aromatic N) is 5. The molecule has 0 atom stereocenters. The van der Waals surface area contributed by atoms with Crippen molar-refractivity contribution in [1.82, 2.24) is 24.9 Å². The summed E-state index contributed by atoms with van der Waals surface area (Å²) in [5.41, 5.74) is 4.17. The molecule has 5 rings (SSSR count). The van der Waals surface area contributed by atoms with Gasteiger partial charge in [-0.15, -0.1) is 10.2 Å². The lowest BCUT2D eigenvalue weighted by Gasteiger charge is -2.14. The molecule has 0 amide bonds. The third-order valence-corrected chi connectivity index (χ3v) is 4.90. The van der Waals surface area contributed by atoms with Gasteiger partial charge in [-0.3, -0.25) is 4.90 Å². The van der Waals surface area contributed by atoms with Crippen LogP contribution in [0.1, 0.15) is 11.5 Å². The first kappa shape index (κ1) is 19.0. The number of rotatable bonds is 7. The molecule has 0 aliphatic carbocycles. The second kappa shape index (κ2) is 8.41. The summed E-state index contributed by atoms with van der Waals surface area (Å²) < 4.78 is 13.0. The van der Waals surface area contributed by atoms with Gasteiger partial charge in [0.15, 0.2) is 5.76 Å². The molecule has 0 spiro atoms. The number of aromatic nitrogens is 4. The lowest BCUT2D eigenvalue weighted by Crippen LogP contribution is -2.17. The summed E-state index contributed by atoms with van der Waals surface area (Å²) in [5, 5.41) is 13.1. The Kier molecular flexibility index (Phi) is 5.16. The van der Waals surface area contributed by atoms with E-state index >= 15 is 0 Å². The number of benzene rings is 2. The maximum Gasteiger partial charge on any atom is 0.283 e. The van der Waals surface area contributed by atoms with Crippen LogP contribution in [0.4, 0.5) is 0 Å². The van der Waals surface area contributed by atoms with E-state index in [0.29, 0.717) is 30.6 Å². The van der Waals surface area contributed by atoms with E-state index in [1.807, 2.05) is 60.3 Å². The van der Waals surface area contributed by atoms with Crippen LogP contribution in [0.2, 0.25) is 0 Å². The zero-order valence-electron chi connectivity index (χ0n) is 17.0. The Morgan fingerprint density at radius 3 is 2.39 bits per heavy atom. The van der Waals surface area contributed by atoms with Crippen LogP contribution in [-0.4, -0.2) is 31.9 Å². The number of hydrogen-bond acceptors (Lipinski definition) is 6. The summed E-state index contributed by atoms with van der Waals surface area (Å²) in [6, 6.07) is 23.9. The molecule has 0 unspecified atom stereocenters. The van der Waals surface area contributed by atoms with Crippen molar-refractivity contribution in [3.05, 3.63) is 96.7 Å². The maximum atomic E-state index is 5.75. The van der Waals surface area contributed by atoms with Crippen molar-refractivity contribution in [3.8, 4) is 28.6 Å². The van der Waals surface area contributed by atoms with Crippen molar-refractivity contribution in [1.29, 1.82) is 0 Å². The number of furan rings is 1. The fourth-order valence-electron chi connectivity index (χ4n) is 3.47. The van der Waals surface area contributed by atoms with Crippen molar-refractivity contribution in [2.45, 2.75) is 13.1 Å². The highest BCUT2D eigenvalue weighted by molar-refractivity contribution is 5.63. The molecule has 0 aliphatic rings. The first-order valence-electron chi connectivity index (χ1n) is 10.0. The monoisotopic (exact) mass is 411 g/mol. The zero-order valence-corrected chi connectivity index (χ0v) is 17.0. The summed E-state index contributed by atoms with van der Waals surface area (Å²) in [6.45, 7) is 1.19. The van der Waals surface area contributed by atoms with E-state index in [2.05, 4.69) is 33.4 Å². The molecule has 5 aromatic rings. The Hall–Kier alpha value is -3.97. The van der Waals surface area contributed by atoms with Crippen molar-refractivity contribution in [2.24, 2.45) is 0 Å². The zero-order chi connectivity index (χ0) is 21.0. The van der Waals surface area contributed by atoms with E-state index in [9.17, 15) is 0 Å². The smallest absolute Gasteiger partial charge is 0.283 e. The molecule has 2 aromatic carbocycles. The normalized spacial score (nSPS) is 11.3. The SMILES string of the molecule is CN(Cc1nnc(-c2ccco2)o1)Cc1cn(-c2ccccc2)nc1-c1ccccc1. The molecule has 3 heterocycles. The summed E-state index contributed by atoms with van der Waals surface area (Å²) in [6.07, 6.45) is 3.66. The molecule has 7 nitrogen and oxygen atoms in total. The molecule has 0 saturated heterocycles. The molecule has 3 aromatic heterocycles. The van der Waals surface area contributed by atoms with Gasteiger partial charge in [-0.25, -0.2) is 4.68 Å². The Morgan fingerprint density at radius 2 is 1.65 bits per heavy atom. The lowest BCUT2D eigenvalue weighted by atomic mass is 10.1. The van der Waals surface area contributed by atoms with Crippen LogP contribution in [0.3, 0.4) is 0 Å². The highest BCUT2D eigenvalue weighted by Gasteiger charge is 2.17. The number of hydrogen-bond donors (Lipinski definition) is 0. The van der Waals surface area contributed by atoms with Gasteiger partial charge in [-0.05, 0) is 31.3 Å². The second-order valence-corrected chi connectivity index (χ2v) is 7.30. The molecule has 0 saturated carbocycles. The maximum absolute atomic E-state index is 5.75. The van der Waals surface area contributed by atoms with Crippen molar-refractivity contribution in [3.63, 3.8) is 0 Å². The topological polar surface area (TPSA) is 73.1 Å². The van der Waals surface area contributed by atoms with E-state index in [4.69, 9.17) is 13.9 Å². The Labute approximate surface area is 179 Å². The molecule has 0 radical (unpaired) electrons. The van der Waals surface area contributed by atoms with E-state index in [-0.39, 0.29) is 0 Å². The molecule has 7 heteroatoms. The van der Waals surface area contributed by atoms with Gasteiger partial charge >= 0.3 is 0 Å². The standard InChI is InChI=1S/C24H21N5O2/c1-28(17-22-25-26-24(31-22)21-13-8-14-30-21)15-19-16-29(20-11-6-3-7-12-20)27-23(19)18-9-4-2-5-10-18/h2-14,16H,15,17H2,1H3. The van der Waals surface area contributed by atoms with Gasteiger partial charge in [0, 0.05) is 23.9 Å². The predicted molar refractivity (Wildman–Crippen MR) is 116 cm³/mol. The second-order valence-electron chi connectivity index (χ2n) is 7.30. The summed E-state index contributed by atoms with van der Waals surface area (Å²) in [5.74, 6) is 1.48. The van der Waals surface area contributed by atoms with Gasteiger partial charge in [0.1, 0.15) is 0 Å². The van der Waals surface area contributed by atoms with Gasteiger partial charge in [0.25, 0.3) is 5.89 Å². The molecule has 0 aliphatic heterocycles. The Bertz CT molecular complexity index is 1240. The van der Waals surface area contributed by atoms with Crippen LogP contribution in [0.15, 0.2) is 94.1 Å². The van der Waals surface area contributed by atoms with Crippen LogP contribution < -0.4 is 0 Å². The highest BCUT2D eigenvalue weighted by Crippen LogP contribution is 2.25. The fraction of sp³-hybridized carbons (Fsp3) is 0.125. The molecule has 31 heavy (non-hydrogen) atoms. The quantitative estimate of drug-likeness (QED) is 0.382. The minimum Gasteiger partial charge on any atom is -0.459 e. The lowest BCUT2D eigenvalue weighted by molar-refractivity contribution is 0.282. The number of para-hydroxylation sites is 1. The third-order valence-electron chi connectivity index (χ3n) is 4.90. The molecular weight excluding hydrogens is 390 g/mol. The Balaban J connectivity index is 1.39. The first-order chi connectivity index (χ1) is 15.3. The van der Waals surface area contributed by atoms with Gasteiger partial charge in [-0.1, -0.05) is 48.5 Å². The van der Waals surface area contributed by atoms with E-state index in [1.165, 1.54) is 0 Å². The van der Waals surface area contributed by atoms with Crippen molar-refractivity contribution < 1.29 is 8.83 Å². The average molecular weight is 411 g/mol. The van der Waals surface area contributed by atoms with Crippen LogP contribution >= 0.6 is 0 Å². The average Bonchev–Trinajstić information content (AvgIpc) is 3.56. The molecular formula is C24H21N5O2. The van der Waals surface area contributed by atoms with E-state index < -0.39 is 0 Å². The molecule has 154 valence electrons. The minimum atomic E-state index is 0.385. The predicted octanol–water partition coefficient (Wildman–Crippen LogP) is 4.81. The van der Waals surface area contributed by atoms with Crippen molar-refractivity contribution in [2.75, 3.05) is 7.05 Å². The van der Waals surface area contributed by atoms with E-state index in [0.717, 1.165) is 22.5 Å². The summed E-state index contributed by atoms with van der Waals surface area (Å²) in [4.78, 5) is 2.12. The highest BCUT2D eigenvalue weighted by atomic mass is 16.4. The first-order valence-corrected chi connectivity index (χ1v) is 10.0. The third kappa shape index (κ3) is 4.17. The summed E-state index contributed by atoms with van der Waals surface area (Å²) >= 11 is 0. The van der Waals surface area contributed by atoms with Gasteiger partial charge < -0.3 is 8.83 Å². The Morgan fingerprint density at radius 1 is 0.871 bits per heavy atom. The minimum absolute atomic E-state index is 0.385. The molecule has 0 N–H and O–H groups in total. The molecule has 0 bridgehead atoms. The van der Waals surface area contributed by atoms with Gasteiger partial charge in [0.05, 0.1) is 24.2 Å². The molecule has 0 fully saturated rings. The fourth-order valence-corrected chi connectivity index (χ4v) is 3.47. The van der Waals surface area contributed by atoms with Gasteiger partial charge in [-0.2, -0.15) is 5.10 Å². The van der Waals surface area contributed by atoms with Crippen LogP contribution in [0, 0.1) is 0 Å². The van der Waals surface area contributed by atoms with Gasteiger partial charge in [0.2, 0.25) is 5.89 Å². The summed E-state index contributed by atoms with van der Waals surface area (Å²) in [7, 11) is 2.02. The van der Waals surface area contributed by atoms with Crippen LogP contribution in [-0.2, 0) is 13.1 Å².